The minimum absolute atomic E-state index is 0.121. The molecule has 0 aromatic carbocycles. The molecule has 6 heteroatoms. The quantitative estimate of drug-likeness (QED) is 0.812. The van der Waals surface area contributed by atoms with Crippen LogP contribution in [0.5, 0.6) is 0 Å². The van der Waals surface area contributed by atoms with Gasteiger partial charge in [0.05, 0.1) is 17.5 Å². The smallest absolute Gasteiger partial charge is 0.287 e. The molecule has 0 amide bonds. The summed E-state index contributed by atoms with van der Waals surface area (Å²) in [5.74, 6) is 0.320. The van der Waals surface area contributed by atoms with Gasteiger partial charge in [-0.05, 0) is 18.8 Å². The van der Waals surface area contributed by atoms with Crippen LogP contribution < -0.4 is 10.9 Å². The van der Waals surface area contributed by atoms with Crippen LogP contribution in [0.1, 0.15) is 40.5 Å². The Labute approximate surface area is 125 Å². The Bertz CT molecular complexity index is 496. The summed E-state index contributed by atoms with van der Waals surface area (Å²) in [6, 6.07) is 0. The molecule has 0 aliphatic heterocycles. The third-order valence-corrected chi connectivity index (χ3v) is 3.81. The molecule has 5 nitrogen and oxygen atoms in total. The Balaban J connectivity index is 2.88. The molecule has 1 aromatic rings. The molecule has 0 saturated carbocycles. The van der Waals surface area contributed by atoms with Crippen LogP contribution in [0, 0.1) is 5.92 Å². The van der Waals surface area contributed by atoms with E-state index in [2.05, 4.69) is 10.4 Å². The zero-order chi connectivity index (χ0) is 15.3. The molecule has 0 saturated heterocycles. The van der Waals surface area contributed by atoms with E-state index in [1.54, 1.807) is 0 Å². The van der Waals surface area contributed by atoms with Gasteiger partial charge in [0.2, 0.25) is 0 Å². The number of nitrogens with one attached hydrogen (secondary N) is 1. The summed E-state index contributed by atoms with van der Waals surface area (Å²) < 4.78 is 1.37. The van der Waals surface area contributed by atoms with Gasteiger partial charge in [-0.3, -0.25) is 4.79 Å². The second kappa shape index (κ2) is 7.09. The number of rotatable bonds is 7. The monoisotopic (exact) mass is 301 g/mol. The van der Waals surface area contributed by atoms with Crippen LogP contribution in [0.25, 0.3) is 0 Å². The fourth-order valence-corrected chi connectivity index (χ4v) is 2.04. The molecule has 0 radical (unpaired) electrons. The van der Waals surface area contributed by atoms with Crippen molar-refractivity contribution in [3.05, 3.63) is 21.6 Å². The van der Waals surface area contributed by atoms with Crippen molar-refractivity contribution in [2.45, 2.75) is 52.7 Å². The number of halogens is 1. The number of anilines is 1. The molecule has 1 aromatic heterocycles. The Morgan fingerprint density at radius 3 is 2.55 bits per heavy atom. The van der Waals surface area contributed by atoms with E-state index in [1.807, 2.05) is 27.7 Å². The van der Waals surface area contributed by atoms with Gasteiger partial charge in [-0.15, -0.1) is 0 Å². The maximum absolute atomic E-state index is 12.1. The molecule has 2 N–H and O–H groups in total. The van der Waals surface area contributed by atoms with Gasteiger partial charge < -0.3 is 10.4 Å². The van der Waals surface area contributed by atoms with E-state index in [1.165, 1.54) is 10.9 Å². The Morgan fingerprint density at radius 1 is 1.45 bits per heavy atom. The summed E-state index contributed by atoms with van der Waals surface area (Å²) >= 11 is 6.08. The van der Waals surface area contributed by atoms with E-state index in [9.17, 15) is 9.90 Å². The first kappa shape index (κ1) is 17.0. The van der Waals surface area contributed by atoms with E-state index in [0.717, 1.165) is 0 Å². The molecular formula is C14H24ClN3O2. The maximum Gasteiger partial charge on any atom is 0.287 e. The average Bonchev–Trinajstić information content (AvgIpc) is 2.42. The first-order valence-electron chi connectivity index (χ1n) is 7.04. The van der Waals surface area contributed by atoms with Crippen LogP contribution in [-0.2, 0) is 6.54 Å². The normalized spacial score (nSPS) is 11.9. The molecule has 1 heterocycles. The first-order valence-corrected chi connectivity index (χ1v) is 7.42. The maximum atomic E-state index is 12.1. The van der Waals surface area contributed by atoms with E-state index < -0.39 is 5.60 Å². The number of aliphatic hydroxyl groups is 1. The molecule has 0 atom stereocenters. The predicted molar refractivity (Wildman–Crippen MR) is 82.4 cm³/mol. The van der Waals surface area contributed by atoms with Gasteiger partial charge >= 0.3 is 0 Å². The second-order valence-electron chi connectivity index (χ2n) is 5.54. The molecule has 0 fully saturated rings. The summed E-state index contributed by atoms with van der Waals surface area (Å²) in [5.41, 5.74) is -0.630. The van der Waals surface area contributed by atoms with Gasteiger partial charge in [-0.2, -0.15) is 5.10 Å². The Morgan fingerprint density at radius 2 is 2.05 bits per heavy atom. The second-order valence-corrected chi connectivity index (χ2v) is 5.92. The van der Waals surface area contributed by atoms with Gasteiger partial charge in [0.15, 0.2) is 0 Å². The van der Waals surface area contributed by atoms with Gasteiger partial charge in [-0.25, -0.2) is 4.68 Å². The SMILES string of the molecule is CCC(O)(CC)CNc1cnn(CC(C)C)c(=O)c1Cl. The fraction of sp³-hybridized carbons (Fsp3) is 0.714. The third-order valence-electron chi connectivity index (χ3n) is 3.45. The largest absolute Gasteiger partial charge is 0.388 e. The van der Waals surface area contributed by atoms with E-state index in [-0.39, 0.29) is 10.6 Å². The van der Waals surface area contributed by atoms with Crippen LogP contribution in [0.4, 0.5) is 5.69 Å². The molecule has 0 aliphatic rings. The molecule has 0 bridgehead atoms. The fourth-order valence-electron chi connectivity index (χ4n) is 1.82. The Kier molecular flexibility index (Phi) is 6.02. The average molecular weight is 302 g/mol. The number of nitrogens with zero attached hydrogens (tertiary/aromatic N) is 2. The lowest BCUT2D eigenvalue weighted by molar-refractivity contribution is 0.0457. The van der Waals surface area contributed by atoms with Crippen molar-refractivity contribution in [3.8, 4) is 0 Å². The van der Waals surface area contributed by atoms with E-state index in [4.69, 9.17) is 11.6 Å². The van der Waals surface area contributed by atoms with Crippen LogP contribution in [0.2, 0.25) is 5.02 Å². The van der Waals surface area contributed by atoms with Crippen molar-refractivity contribution >= 4 is 17.3 Å². The lowest BCUT2D eigenvalue weighted by Gasteiger charge is -2.26. The van der Waals surface area contributed by atoms with Gasteiger partial charge in [0, 0.05) is 13.1 Å². The molecule has 20 heavy (non-hydrogen) atoms. The minimum Gasteiger partial charge on any atom is -0.388 e. The number of hydrogen-bond acceptors (Lipinski definition) is 4. The zero-order valence-electron chi connectivity index (χ0n) is 12.6. The van der Waals surface area contributed by atoms with Crippen molar-refractivity contribution in [3.63, 3.8) is 0 Å². The highest BCUT2D eigenvalue weighted by Gasteiger charge is 2.22. The molecule has 0 unspecified atom stereocenters. The Hall–Kier alpha value is -1.07. The third kappa shape index (κ3) is 4.21. The summed E-state index contributed by atoms with van der Waals surface area (Å²) in [5, 5.41) is 17.5. The van der Waals surface area contributed by atoms with E-state index >= 15 is 0 Å². The van der Waals surface area contributed by atoms with Crippen molar-refractivity contribution in [1.29, 1.82) is 0 Å². The van der Waals surface area contributed by atoms with Crippen molar-refractivity contribution in [2.75, 3.05) is 11.9 Å². The predicted octanol–water partition coefficient (Wildman–Crippen LogP) is 2.52. The molecule has 0 spiro atoms. The highest BCUT2D eigenvalue weighted by molar-refractivity contribution is 6.32. The van der Waals surface area contributed by atoms with Crippen molar-refractivity contribution < 1.29 is 5.11 Å². The lowest BCUT2D eigenvalue weighted by atomic mass is 9.97. The summed E-state index contributed by atoms with van der Waals surface area (Å²) in [6.45, 7) is 8.74. The lowest BCUT2D eigenvalue weighted by Crippen LogP contribution is -2.36. The minimum atomic E-state index is -0.796. The van der Waals surface area contributed by atoms with E-state index in [0.29, 0.717) is 37.5 Å². The highest BCUT2D eigenvalue weighted by atomic mass is 35.5. The zero-order valence-corrected chi connectivity index (χ0v) is 13.4. The molecule has 0 aliphatic carbocycles. The molecule has 1 rings (SSSR count). The van der Waals surface area contributed by atoms with Crippen LogP contribution >= 0.6 is 11.6 Å². The van der Waals surface area contributed by atoms with Crippen molar-refractivity contribution in [2.24, 2.45) is 5.92 Å². The molecule has 114 valence electrons. The highest BCUT2D eigenvalue weighted by Crippen LogP contribution is 2.19. The van der Waals surface area contributed by atoms with Gasteiger partial charge in [0.1, 0.15) is 5.02 Å². The topological polar surface area (TPSA) is 67.2 Å². The van der Waals surface area contributed by atoms with Crippen LogP contribution in [0.3, 0.4) is 0 Å². The number of hydrogen-bond donors (Lipinski definition) is 2. The first-order chi connectivity index (χ1) is 9.33. The number of aromatic nitrogens is 2. The molecular weight excluding hydrogens is 278 g/mol. The summed E-state index contributed by atoms with van der Waals surface area (Å²) in [7, 11) is 0. The van der Waals surface area contributed by atoms with Crippen LogP contribution in [-0.4, -0.2) is 27.0 Å². The summed E-state index contributed by atoms with van der Waals surface area (Å²) in [6.07, 6.45) is 2.80. The summed E-state index contributed by atoms with van der Waals surface area (Å²) in [4.78, 5) is 12.1. The standard InChI is InChI=1S/C14H24ClN3O2/c1-5-14(20,6-2)9-16-11-7-17-18(8-10(3)4)13(19)12(11)15/h7,10,16,20H,5-6,8-9H2,1-4H3. The van der Waals surface area contributed by atoms with Gasteiger partial charge in [0.25, 0.3) is 5.56 Å². The van der Waals surface area contributed by atoms with Crippen LogP contribution in [0.15, 0.2) is 11.0 Å². The van der Waals surface area contributed by atoms with Crippen molar-refractivity contribution in [1.82, 2.24) is 9.78 Å². The van der Waals surface area contributed by atoms with Gasteiger partial charge in [-0.1, -0.05) is 39.3 Å².